The molecule has 0 unspecified atom stereocenters. The summed E-state index contributed by atoms with van der Waals surface area (Å²) in [4.78, 5) is 0. The summed E-state index contributed by atoms with van der Waals surface area (Å²) in [5.41, 5.74) is 6.03. The number of rotatable bonds is 6. The Kier molecular flexibility index (Phi) is 4.86. The van der Waals surface area contributed by atoms with Gasteiger partial charge in [0.15, 0.2) is 0 Å². The maximum Gasteiger partial charge on any atom is 0.218 e. The van der Waals surface area contributed by atoms with Crippen LogP contribution in [0.5, 0.6) is 0 Å². The second-order valence-corrected chi connectivity index (χ2v) is 6.33. The quantitative estimate of drug-likeness (QED) is 0.600. The zero-order valence-corrected chi connectivity index (χ0v) is 11.4. The molecule has 0 saturated carbocycles. The summed E-state index contributed by atoms with van der Waals surface area (Å²) in [6.45, 7) is 3.48. The van der Waals surface area contributed by atoms with Gasteiger partial charge in [0.05, 0.1) is 12.3 Å². The van der Waals surface area contributed by atoms with Crippen LogP contribution in [0.3, 0.4) is 0 Å². The fourth-order valence-corrected chi connectivity index (χ4v) is 3.40. The van der Waals surface area contributed by atoms with E-state index < -0.39 is 10.0 Å². The van der Waals surface area contributed by atoms with Crippen LogP contribution in [0.4, 0.5) is 0 Å². The van der Waals surface area contributed by atoms with Crippen molar-refractivity contribution in [1.82, 2.24) is 4.31 Å². The van der Waals surface area contributed by atoms with E-state index in [-0.39, 0.29) is 24.2 Å². The minimum absolute atomic E-state index is 0.0627. The van der Waals surface area contributed by atoms with Crippen molar-refractivity contribution >= 4 is 15.9 Å². The van der Waals surface area contributed by atoms with Gasteiger partial charge < -0.3 is 5.73 Å². The standard InChI is InChI=1S/C12H19N3O2S/c1-10(2)15(8-12(13)14)18(16,17)9-11-6-4-3-5-7-11/h3-7,10H,8-9H2,1-2H3,(H3,13,14). The molecule has 0 aliphatic heterocycles. The van der Waals surface area contributed by atoms with E-state index in [2.05, 4.69) is 0 Å². The number of nitrogens with zero attached hydrogens (tertiary/aromatic N) is 1. The van der Waals surface area contributed by atoms with E-state index in [4.69, 9.17) is 11.1 Å². The van der Waals surface area contributed by atoms with E-state index in [9.17, 15) is 8.42 Å². The minimum atomic E-state index is -3.46. The largest absolute Gasteiger partial charge is 0.387 e. The van der Waals surface area contributed by atoms with Crippen molar-refractivity contribution < 1.29 is 8.42 Å². The second-order valence-electron chi connectivity index (χ2n) is 4.41. The lowest BCUT2D eigenvalue weighted by Gasteiger charge is -2.25. The van der Waals surface area contributed by atoms with Gasteiger partial charge in [-0.25, -0.2) is 8.42 Å². The van der Waals surface area contributed by atoms with E-state index in [0.717, 1.165) is 5.56 Å². The predicted molar refractivity (Wildman–Crippen MR) is 72.8 cm³/mol. The molecule has 1 rings (SSSR count). The van der Waals surface area contributed by atoms with Crippen LogP contribution in [-0.2, 0) is 15.8 Å². The average molecular weight is 269 g/mol. The molecule has 0 radical (unpaired) electrons. The number of amidine groups is 1. The van der Waals surface area contributed by atoms with Gasteiger partial charge in [0.2, 0.25) is 10.0 Å². The Hall–Kier alpha value is -1.40. The zero-order chi connectivity index (χ0) is 13.8. The van der Waals surface area contributed by atoms with Crippen LogP contribution >= 0.6 is 0 Å². The molecule has 0 aliphatic carbocycles. The highest BCUT2D eigenvalue weighted by Crippen LogP contribution is 2.13. The van der Waals surface area contributed by atoms with Crippen molar-refractivity contribution in [3.05, 3.63) is 35.9 Å². The van der Waals surface area contributed by atoms with Gasteiger partial charge in [0, 0.05) is 6.04 Å². The Balaban J connectivity index is 2.92. The molecule has 1 aromatic carbocycles. The first-order valence-electron chi connectivity index (χ1n) is 5.69. The molecular formula is C12H19N3O2S. The van der Waals surface area contributed by atoms with Crippen LogP contribution in [-0.4, -0.2) is 31.1 Å². The van der Waals surface area contributed by atoms with Crippen molar-refractivity contribution in [1.29, 1.82) is 5.41 Å². The van der Waals surface area contributed by atoms with E-state index >= 15 is 0 Å². The second kappa shape index (κ2) is 5.97. The van der Waals surface area contributed by atoms with Gasteiger partial charge in [-0.2, -0.15) is 4.31 Å². The van der Waals surface area contributed by atoms with E-state index in [0.29, 0.717) is 0 Å². The number of hydrogen-bond acceptors (Lipinski definition) is 3. The predicted octanol–water partition coefficient (Wildman–Crippen LogP) is 1.16. The van der Waals surface area contributed by atoms with Crippen LogP contribution in [0.2, 0.25) is 0 Å². The van der Waals surface area contributed by atoms with E-state index in [1.807, 2.05) is 6.07 Å². The number of nitrogens with one attached hydrogen (secondary N) is 1. The molecule has 0 aliphatic rings. The lowest BCUT2D eigenvalue weighted by Crippen LogP contribution is -2.43. The summed E-state index contributed by atoms with van der Waals surface area (Å²) in [5.74, 6) is -0.223. The SMILES string of the molecule is CC(C)N(CC(=N)N)S(=O)(=O)Cc1ccccc1. The van der Waals surface area contributed by atoms with E-state index in [1.165, 1.54) is 4.31 Å². The maximum atomic E-state index is 12.3. The highest BCUT2D eigenvalue weighted by atomic mass is 32.2. The molecule has 6 heteroatoms. The smallest absolute Gasteiger partial charge is 0.218 e. The summed E-state index contributed by atoms with van der Waals surface area (Å²) < 4.78 is 25.8. The zero-order valence-electron chi connectivity index (χ0n) is 10.6. The molecule has 0 amide bonds. The van der Waals surface area contributed by atoms with Gasteiger partial charge in [0.25, 0.3) is 0 Å². The van der Waals surface area contributed by atoms with E-state index in [1.54, 1.807) is 38.1 Å². The number of hydrogen-bond donors (Lipinski definition) is 2. The molecule has 0 saturated heterocycles. The van der Waals surface area contributed by atoms with Crippen LogP contribution in [0.15, 0.2) is 30.3 Å². The van der Waals surface area contributed by atoms with Gasteiger partial charge in [-0.15, -0.1) is 0 Å². The molecule has 0 aromatic heterocycles. The first kappa shape index (κ1) is 14.7. The molecule has 18 heavy (non-hydrogen) atoms. The Morgan fingerprint density at radius 3 is 2.33 bits per heavy atom. The first-order chi connectivity index (χ1) is 8.33. The monoisotopic (exact) mass is 269 g/mol. The van der Waals surface area contributed by atoms with Gasteiger partial charge in [-0.05, 0) is 19.4 Å². The summed E-state index contributed by atoms with van der Waals surface area (Å²) in [6.07, 6.45) is 0. The minimum Gasteiger partial charge on any atom is -0.387 e. The average Bonchev–Trinajstić information content (AvgIpc) is 2.26. The summed E-state index contributed by atoms with van der Waals surface area (Å²) in [6, 6.07) is 8.76. The molecule has 0 heterocycles. The van der Waals surface area contributed by atoms with Gasteiger partial charge in [0.1, 0.15) is 5.84 Å². The molecule has 100 valence electrons. The summed E-state index contributed by atoms with van der Waals surface area (Å²) in [5, 5.41) is 7.25. The normalized spacial score (nSPS) is 12.0. The van der Waals surface area contributed by atoms with Crippen molar-refractivity contribution in [3.63, 3.8) is 0 Å². The highest BCUT2D eigenvalue weighted by molar-refractivity contribution is 7.88. The van der Waals surface area contributed by atoms with Crippen LogP contribution in [0.25, 0.3) is 0 Å². The molecule has 3 N–H and O–H groups in total. The summed E-state index contributed by atoms with van der Waals surface area (Å²) in [7, 11) is -3.46. The Morgan fingerprint density at radius 2 is 1.89 bits per heavy atom. The number of nitrogens with two attached hydrogens (primary N) is 1. The van der Waals surface area contributed by atoms with Crippen LogP contribution in [0, 0.1) is 5.41 Å². The molecule has 0 spiro atoms. The lowest BCUT2D eigenvalue weighted by atomic mass is 10.2. The first-order valence-corrected chi connectivity index (χ1v) is 7.30. The lowest BCUT2D eigenvalue weighted by molar-refractivity contribution is 0.388. The topological polar surface area (TPSA) is 87.2 Å². The van der Waals surface area contributed by atoms with Crippen molar-refractivity contribution in [2.75, 3.05) is 6.54 Å². The molecule has 0 fully saturated rings. The van der Waals surface area contributed by atoms with Gasteiger partial charge in [-0.3, -0.25) is 5.41 Å². The van der Waals surface area contributed by atoms with Crippen molar-refractivity contribution in [2.24, 2.45) is 5.73 Å². The molecular weight excluding hydrogens is 250 g/mol. The van der Waals surface area contributed by atoms with Gasteiger partial charge in [-0.1, -0.05) is 30.3 Å². The number of sulfonamides is 1. The fourth-order valence-electron chi connectivity index (χ4n) is 1.64. The van der Waals surface area contributed by atoms with Crippen LogP contribution < -0.4 is 5.73 Å². The highest BCUT2D eigenvalue weighted by Gasteiger charge is 2.25. The van der Waals surface area contributed by atoms with Crippen molar-refractivity contribution in [3.8, 4) is 0 Å². The fraction of sp³-hybridized carbons (Fsp3) is 0.417. The number of benzene rings is 1. The van der Waals surface area contributed by atoms with Gasteiger partial charge >= 0.3 is 0 Å². The Morgan fingerprint density at radius 1 is 1.33 bits per heavy atom. The Labute approximate surface area is 108 Å². The molecule has 0 bridgehead atoms. The molecule has 0 atom stereocenters. The molecule has 1 aromatic rings. The third-order valence-corrected chi connectivity index (χ3v) is 4.41. The van der Waals surface area contributed by atoms with Crippen molar-refractivity contribution in [2.45, 2.75) is 25.6 Å². The van der Waals surface area contributed by atoms with Crippen LogP contribution in [0.1, 0.15) is 19.4 Å². The molecule has 5 nitrogen and oxygen atoms in total. The Bertz CT molecular complexity index is 497. The summed E-state index contributed by atoms with van der Waals surface area (Å²) >= 11 is 0. The third-order valence-electron chi connectivity index (χ3n) is 2.45. The third kappa shape index (κ3) is 4.12. The maximum absolute atomic E-state index is 12.3.